The fraction of sp³-hybridized carbons (Fsp3) is 0.480. The van der Waals surface area contributed by atoms with Crippen molar-refractivity contribution in [2.75, 3.05) is 19.8 Å². The zero-order valence-electron chi connectivity index (χ0n) is 18.5. The molecule has 2 fully saturated rings. The van der Waals surface area contributed by atoms with Crippen LogP contribution in [0.5, 0.6) is 0 Å². The number of carbonyl (C=O) groups is 1. The highest BCUT2D eigenvalue weighted by molar-refractivity contribution is 6.30. The third-order valence-electron chi connectivity index (χ3n) is 6.18. The summed E-state index contributed by atoms with van der Waals surface area (Å²) in [5.41, 5.74) is 1.84. The Kier molecular flexibility index (Phi) is 8.33. The molecule has 2 heterocycles. The van der Waals surface area contributed by atoms with Crippen LogP contribution in [0.3, 0.4) is 0 Å². The molecule has 0 spiro atoms. The molecule has 1 amide bonds. The fourth-order valence-corrected chi connectivity index (χ4v) is 4.70. The normalized spacial score (nSPS) is 26.2. The molecule has 0 saturated carbocycles. The number of hydrogen-bond donors (Lipinski definition) is 2. The average Bonchev–Trinajstić information content (AvgIpc) is 2.78. The Bertz CT molecular complexity index is 929. The average molecular weight is 477 g/mol. The molecule has 0 aromatic heterocycles. The number of nitrogens with one attached hydrogen (secondary N) is 1. The quantitative estimate of drug-likeness (QED) is 0.669. The van der Waals surface area contributed by atoms with Gasteiger partial charge in [0.25, 0.3) is 0 Å². The van der Waals surface area contributed by atoms with Crippen LogP contribution in [-0.2, 0) is 27.4 Å². The van der Waals surface area contributed by atoms with Crippen LogP contribution in [0.1, 0.15) is 30.4 Å². The summed E-state index contributed by atoms with van der Waals surface area (Å²) in [5.74, 6) is -0.441. The van der Waals surface area contributed by atoms with Gasteiger partial charge in [-0.05, 0) is 48.2 Å². The zero-order valence-corrected chi connectivity index (χ0v) is 19.2. The van der Waals surface area contributed by atoms with E-state index in [0.29, 0.717) is 24.7 Å². The lowest BCUT2D eigenvalue weighted by atomic mass is 9.94. The van der Waals surface area contributed by atoms with Crippen LogP contribution in [0.4, 0.5) is 4.39 Å². The van der Waals surface area contributed by atoms with Gasteiger partial charge >= 0.3 is 0 Å². The second kappa shape index (κ2) is 11.4. The molecule has 4 atom stereocenters. The first-order chi connectivity index (χ1) is 16.0. The van der Waals surface area contributed by atoms with E-state index >= 15 is 0 Å². The summed E-state index contributed by atoms with van der Waals surface area (Å²) >= 11 is 6.02. The highest BCUT2D eigenvalue weighted by Crippen LogP contribution is 2.29. The Balaban J connectivity index is 1.34. The van der Waals surface area contributed by atoms with Crippen LogP contribution < -0.4 is 5.32 Å². The first-order valence-electron chi connectivity index (χ1n) is 11.4. The summed E-state index contributed by atoms with van der Waals surface area (Å²) in [5, 5.41) is 13.9. The minimum Gasteiger partial charge on any atom is -0.389 e. The van der Waals surface area contributed by atoms with E-state index < -0.39 is 6.10 Å². The van der Waals surface area contributed by atoms with Gasteiger partial charge in [0.2, 0.25) is 5.91 Å². The molecule has 2 saturated heterocycles. The molecule has 0 radical (unpaired) electrons. The second-order valence-electron chi connectivity index (χ2n) is 8.80. The van der Waals surface area contributed by atoms with Crippen molar-refractivity contribution < 1.29 is 23.8 Å². The van der Waals surface area contributed by atoms with Crippen molar-refractivity contribution in [3.8, 4) is 0 Å². The molecule has 0 unspecified atom stereocenters. The molecule has 178 valence electrons. The van der Waals surface area contributed by atoms with Crippen molar-refractivity contribution in [3.63, 3.8) is 0 Å². The van der Waals surface area contributed by atoms with Gasteiger partial charge in [-0.25, -0.2) is 4.39 Å². The topological polar surface area (TPSA) is 71.0 Å². The van der Waals surface area contributed by atoms with E-state index in [0.717, 1.165) is 24.0 Å². The van der Waals surface area contributed by atoms with Gasteiger partial charge in [0.15, 0.2) is 0 Å². The van der Waals surface area contributed by atoms with Crippen molar-refractivity contribution in [1.29, 1.82) is 0 Å². The van der Waals surface area contributed by atoms with Crippen molar-refractivity contribution in [3.05, 3.63) is 70.5 Å². The van der Waals surface area contributed by atoms with Crippen LogP contribution in [-0.4, -0.2) is 60.0 Å². The van der Waals surface area contributed by atoms with Crippen LogP contribution in [0.15, 0.2) is 48.5 Å². The number of amides is 1. The SMILES string of the molecule is O=C(C[C@H]1CC[C@H]2[C@@H](COC[C@H](O)CN2Cc2ccc(Cl)cc2)O1)NCc1cccc(F)c1. The van der Waals surface area contributed by atoms with Crippen LogP contribution in [0.25, 0.3) is 0 Å². The molecule has 2 aliphatic rings. The Labute approximate surface area is 198 Å². The minimum atomic E-state index is -0.565. The summed E-state index contributed by atoms with van der Waals surface area (Å²) in [6, 6.07) is 14.0. The van der Waals surface area contributed by atoms with E-state index in [4.69, 9.17) is 21.1 Å². The molecular formula is C25H30ClFN2O4. The highest BCUT2D eigenvalue weighted by atomic mass is 35.5. The van der Waals surface area contributed by atoms with Gasteiger partial charge in [-0.1, -0.05) is 35.9 Å². The molecule has 4 rings (SSSR count). The van der Waals surface area contributed by atoms with Gasteiger partial charge < -0.3 is 19.9 Å². The van der Waals surface area contributed by atoms with E-state index in [1.165, 1.54) is 12.1 Å². The predicted octanol–water partition coefficient (Wildman–Crippen LogP) is 3.29. The number of fused-ring (bicyclic) bond motifs is 1. The number of benzene rings is 2. The van der Waals surface area contributed by atoms with Gasteiger partial charge in [0.1, 0.15) is 5.82 Å². The lowest BCUT2D eigenvalue weighted by Crippen LogP contribution is -2.55. The molecule has 2 N–H and O–H groups in total. The Morgan fingerprint density at radius 1 is 1.15 bits per heavy atom. The number of aliphatic hydroxyl groups is 1. The smallest absolute Gasteiger partial charge is 0.222 e. The number of halogens is 2. The summed E-state index contributed by atoms with van der Waals surface area (Å²) in [4.78, 5) is 14.7. The molecule has 0 bridgehead atoms. The number of β-amino-alcohol motifs (C(OH)–C–C–N with tert-alkyl or cyclic N) is 1. The molecular weight excluding hydrogens is 447 g/mol. The Morgan fingerprint density at radius 2 is 1.97 bits per heavy atom. The standard InChI is InChI=1S/C25H30ClFN2O4/c26-19-6-4-17(5-7-19)13-29-14-21(30)15-32-16-24-23(29)9-8-22(33-24)11-25(31)28-12-18-2-1-3-20(27)10-18/h1-7,10,21-24,30H,8-9,11-16H2,(H,28,31)/t21-,22-,23+,24-/m1/s1. The zero-order chi connectivity index (χ0) is 23.2. The summed E-state index contributed by atoms with van der Waals surface area (Å²) in [7, 11) is 0. The summed E-state index contributed by atoms with van der Waals surface area (Å²) in [6.45, 7) is 2.08. The fourth-order valence-electron chi connectivity index (χ4n) is 4.58. The third kappa shape index (κ3) is 6.98. The summed E-state index contributed by atoms with van der Waals surface area (Å²) in [6.07, 6.45) is 0.879. The molecule has 0 aliphatic carbocycles. The van der Waals surface area contributed by atoms with E-state index in [1.54, 1.807) is 12.1 Å². The lowest BCUT2D eigenvalue weighted by Gasteiger charge is -2.44. The maximum absolute atomic E-state index is 13.3. The van der Waals surface area contributed by atoms with Crippen molar-refractivity contribution in [1.82, 2.24) is 10.2 Å². The van der Waals surface area contributed by atoms with Crippen LogP contribution in [0, 0.1) is 5.82 Å². The monoisotopic (exact) mass is 476 g/mol. The molecule has 6 nitrogen and oxygen atoms in total. The van der Waals surface area contributed by atoms with Crippen molar-refractivity contribution in [2.24, 2.45) is 0 Å². The number of hydrogen-bond acceptors (Lipinski definition) is 5. The minimum absolute atomic E-state index is 0.0854. The maximum Gasteiger partial charge on any atom is 0.222 e. The van der Waals surface area contributed by atoms with E-state index in [9.17, 15) is 14.3 Å². The predicted molar refractivity (Wildman–Crippen MR) is 123 cm³/mol. The third-order valence-corrected chi connectivity index (χ3v) is 6.43. The number of ether oxygens (including phenoxy) is 2. The number of aliphatic hydroxyl groups excluding tert-OH is 1. The number of nitrogens with zero attached hydrogens (tertiary/aromatic N) is 1. The highest BCUT2D eigenvalue weighted by Gasteiger charge is 2.38. The van der Waals surface area contributed by atoms with E-state index in [-0.39, 0.29) is 49.5 Å². The first-order valence-corrected chi connectivity index (χ1v) is 11.7. The maximum atomic E-state index is 13.3. The molecule has 2 aliphatic heterocycles. The van der Waals surface area contributed by atoms with Gasteiger partial charge in [0.05, 0.1) is 37.9 Å². The number of rotatable bonds is 6. The largest absolute Gasteiger partial charge is 0.389 e. The molecule has 2 aromatic carbocycles. The van der Waals surface area contributed by atoms with Crippen LogP contribution in [0.2, 0.25) is 5.02 Å². The summed E-state index contributed by atoms with van der Waals surface area (Å²) < 4.78 is 25.3. The molecule has 8 heteroatoms. The molecule has 2 aromatic rings. The van der Waals surface area contributed by atoms with Gasteiger partial charge in [0, 0.05) is 30.7 Å². The van der Waals surface area contributed by atoms with E-state index in [1.807, 2.05) is 24.3 Å². The van der Waals surface area contributed by atoms with Gasteiger partial charge in [-0.2, -0.15) is 0 Å². The van der Waals surface area contributed by atoms with Crippen molar-refractivity contribution in [2.45, 2.75) is 56.7 Å². The van der Waals surface area contributed by atoms with Crippen LogP contribution >= 0.6 is 11.6 Å². The Morgan fingerprint density at radius 3 is 2.76 bits per heavy atom. The van der Waals surface area contributed by atoms with Crippen molar-refractivity contribution >= 4 is 17.5 Å². The van der Waals surface area contributed by atoms with Gasteiger partial charge in [-0.3, -0.25) is 9.69 Å². The second-order valence-corrected chi connectivity index (χ2v) is 9.24. The lowest BCUT2D eigenvalue weighted by molar-refractivity contribution is -0.158. The first kappa shape index (κ1) is 24.1. The Hall–Kier alpha value is -2.03. The van der Waals surface area contributed by atoms with E-state index in [2.05, 4.69) is 10.2 Å². The molecule has 33 heavy (non-hydrogen) atoms. The van der Waals surface area contributed by atoms with Gasteiger partial charge in [-0.15, -0.1) is 0 Å². The number of carbonyl (C=O) groups excluding carboxylic acids is 1.